The van der Waals surface area contributed by atoms with E-state index in [1.165, 1.54) is 0 Å². The minimum atomic E-state index is -3.55. The molecule has 1 N–H and O–H groups in total. The second-order valence-electron chi connectivity index (χ2n) is 4.53. The Balaban J connectivity index is 2.07. The number of hydrogen-bond acceptors (Lipinski definition) is 3. The van der Waals surface area contributed by atoms with Gasteiger partial charge in [-0.2, -0.15) is 0 Å². The van der Waals surface area contributed by atoms with Crippen LogP contribution in [0.25, 0.3) is 0 Å². The first-order chi connectivity index (χ1) is 9.46. The lowest BCUT2D eigenvalue weighted by Crippen LogP contribution is -2.31. The molecule has 20 heavy (non-hydrogen) atoms. The molecule has 0 atom stereocenters. The quantitative estimate of drug-likeness (QED) is 0.906. The SMILES string of the molecule is CS(=O)(=O)NC(=O)c1cccn1CCc1ccccc1. The molecule has 1 heterocycles. The van der Waals surface area contributed by atoms with Crippen molar-refractivity contribution in [1.82, 2.24) is 9.29 Å². The largest absolute Gasteiger partial charge is 0.343 e. The molecule has 2 aromatic rings. The fraction of sp³-hybridized carbons (Fsp3) is 0.214. The molecule has 6 heteroatoms. The van der Waals surface area contributed by atoms with Crippen molar-refractivity contribution in [3.8, 4) is 0 Å². The summed E-state index contributed by atoms with van der Waals surface area (Å²) in [4.78, 5) is 11.8. The molecule has 0 aliphatic heterocycles. The monoisotopic (exact) mass is 292 g/mol. The normalized spacial score (nSPS) is 11.2. The van der Waals surface area contributed by atoms with E-state index >= 15 is 0 Å². The average molecular weight is 292 g/mol. The number of aromatic nitrogens is 1. The number of carbonyl (C=O) groups excluding carboxylic acids is 1. The molecule has 1 amide bonds. The molecule has 0 saturated heterocycles. The van der Waals surface area contributed by atoms with Crippen LogP contribution >= 0.6 is 0 Å². The maximum absolute atomic E-state index is 11.8. The Labute approximate surface area is 118 Å². The molecule has 2 rings (SSSR count). The van der Waals surface area contributed by atoms with Crippen LogP contribution in [0.2, 0.25) is 0 Å². The molecule has 1 aromatic heterocycles. The van der Waals surface area contributed by atoms with Gasteiger partial charge in [0.05, 0.1) is 6.26 Å². The topological polar surface area (TPSA) is 68.2 Å². The van der Waals surface area contributed by atoms with Crippen LogP contribution in [0.15, 0.2) is 48.7 Å². The number of carbonyl (C=O) groups is 1. The molecule has 0 saturated carbocycles. The van der Waals surface area contributed by atoms with Crippen LogP contribution in [0.3, 0.4) is 0 Å². The van der Waals surface area contributed by atoms with Gasteiger partial charge in [0.2, 0.25) is 10.0 Å². The van der Waals surface area contributed by atoms with E-state index in [9.17, 15) is 13.2 Å². The summed E-state index contributed by atoms with van der Waals surface area (Å²) in [6, 6.07) is 13.2. The summed E-state index contributed by atoms with van der Waals surface area (Å²) in [5.74, 6) is -0.606. The van der Waals surface area contributed by atoms with Crippen molar-refractivity contribution in [3.63, 3.8) is 0 Å². The highest BCUT2D eigenvalue weighted by Gasteiger charge is 2.14. The number of nitrogens with zero attached hydrogens (tertiary/aromatic N) is 1. The first-order valence-corrected chi connectivity index (χ1v) is 8.06. The highest BCUT2D eigenvalue weighted by Crippen LogP contribution is 2.07. The van der Waals surface area contributed by atoms with Crippen molar-refractivity contribution >= 4 is 15.9 Å². The zero-order valence-corrected chi connectivity index (χ0v) is 11.9. The van der Waals surface area contributed by atoms with Gasteiger partial charge in [0.15, 0.2) is 0 Å². The van der Waals surface area contributed by atoms with E-state index in [1.807, 2.05) is 35.1 Å². The van der Waals surface area contributed by atoms with E-state index in [0.29, 0.717) is 12.2 Å². The van der Waals surface area contributed by atoms with Gasteiger partial charge >= 0.3 is 0 Å². The van der Waals surface area contributed by atoms with Gasteiger partial charge in [0.25, 0.3) is 5.91 Å². The van der Waals surface area contributed by atoms with Crippen LogP contribution in [0.5, 0.6) is 0 Å². The van der Waals surface area contributed by atoms with Crippen LogP contribution < -0.4 is 4.72 Å². The van der Waals surface area contributed by atoms with Gasteiger partial charge in [-0.3, -0.25) is 4.79 Å². The molecular formula is C14H16N2O3S. The number of hydrogen-bond donors (Lipinski definition) is 1. The molecule has 0 radical (unpaired) electrons. The van der Waals surface area contributed by atoms with Gasteiger partial charge in [-0.05, 0) is 24.1 Å². The maximum Gasteiger partial charge on any atom is 0.281 e. The van der Waals surface area contributed by atoms with E-state index in [4.69, 9.17) is 0 Å². The van der Waals surface area contributed by atoms with Crippen LogP contribution in [0, 0.1) is 0 Å². The second kappa shape index (κ2) is 5.92. The third-order valence-corrected chi connectivity index (χ3v) is 3.38. The highest BCUT2D eigenvalue weighted by atomic mass is 32.2. The van der Waals surface area contributed by atoms with Crippen molar-refractivity contribution in [2.24, 2.45) is 0 Å². The summed E-state index contributed by atoms with van der Waals surface area (Å²) in [6.45, 7) is 0.615. The molecule has 5 nitrogen and oxygen atoms in total. The minimum absolute atomic E-state index is 0.339. The Morgan fingerprint density at radius 2 is 1.85 bits per heavy atom. The predicted octanol–water partition coefficient (Wildman–Crippen LogP) is 1.42. The Kier molecular flexibility index (Phi) is 4.24. The summed E-state index contributed by atoms with van der Waals surface area (Å²) in [5.41, 5.74) is 1.50. The lowest BCUT2D eigenvalue weighted by atomic mass is 10.1. The number of aryl methyl sites for hydroxylation is 2. The first kappa shape index (κ1) is 14.3. The molecule has 0 fully saturated rings. The predicted molar refractivity (Wildman–Crippen MR) is 76.9 cm³/mol. The van der Waals surface area contributed by atoms with Crippen molar-refractivity contribution in [1.29, 1.82) is 0 Å². The molecule has 106 valence electrons. The maximum atomic E-state index is 11.8. The zero-order valence-electron chi connectivity index (χ0n) is 11.1. The van der Waals surface area contributed by atoms with Gasteiger partial charge in [-0.1, -0.05) is 30.3 Å². The smallest absolute Gasteiger partial charge is 0.281 e. The lowest BCUT2D eigenvalue weighted by Gasteiger charge is -2.09. The van der Waals surface area contributed by atoms with E-state index in [1.54, 1.807) is 22.9 Å². The van der Waals surface area contributed by atoms with Crippen molar-refractivity contribution in [2.45, 2.75) is 13.0 Å². The fourth-order valence-electron chi connectivity index (χ4n) is 1.93. The summed E-state index contributed by atoms with van der Waals surface area (Å²) >= 11 is 0. The van der Waals surface area contributed by atoms with Gasteiger partial charge in [0, 0.05) is 12.7 Å². The first-order valence-electron chi connectivity index (χ1n) is 6.17. The number of nitrogens with one attached hydrogen (secondary N) is 1. The van der Waals surface area contributed by atoms with Crippen LogP contribution in [0.1, 0.15) is 16.1 Å². The lowest BCUT2D eigenvalue weighted by molar-refractivity contribution is 0.0972. The van der Waals surface area contributed by atoms with Crippen molar-refractivity contribution < 1.29 is 13.2 Å². The van der Waals surface area contributed by atoms with Crippen LogP contribution in [-0.4, -0.2) is 25.1 Å². The van der Waals surface area contributed by atoms with E-state index in [2.05, 4.69) is 0 Å². The van der Waals surface area contributed by atoms with Crippen LogP contribution in [0.4, 0.5) is 0 Å². The number of amides is 1. The average Bonchev–Trinajstić information content (AvgIpc) is 2.84. The zero-order chi connectivity index (χ0) is 14.6. The molecule has 0 aliphatic rings. The molecule has 1 aromatic carbocycles. The molecule has 0 spiro atoms. The summed E-state index contributed by atoms with van der Waals surface area (Å²) < 4.78 is 25.9. The number of sulfonamides is 1. The Bertz CT molecular complexity index is 690. The molecule has 0 unspecified atom stereocenters. The van der Waals surface area contributed by atoms with E-state index in [-0.39, 0.29) is 0 Å². The van der Waals surface area contributed by atoms with E-state index < -0.39 is 15.9 Å². The van der Waals surface area contributed by atoms with Crippen LogP contribution in [-0.2, 0) is 23.0 Å². The number of benzene rings is 1. The van der Waals surface area contributed by atoms with Crippen molar-refractivity contribution in [3.05, 3.63) is 59.9 Å². The number of rotatable bonds is 5. The van der Waals surface area contributed by atoms with Gasteiger partial charge < -0.3 is 4.57 Å². The molecule has 0 bridgehead atoms. The summed E-state index contributed by atoms with van der Waals surface area (Å²) in [7, 11) is -3.55. The fourth-order valence-corrected chi connectivity index (χ4v) is 2.37. The van der Waals surface area contributed by atoms with Gasteiger partial charge in [-0.25, -0.2) is 13.1 Å². The molecular weight excluding hydrogens is 276 g/mol. The minimum Gasteiger partial charge on any atom is -0.343 e. The Hall–Kier alpha value is -2.08. The van der Waals surface area contributed by atoms with E-state index in [0.717, 1.165) is 18.2 Å². The standard InChI is InChI=1S/C14H16N2O3S/c1-20(18,19)15-14(17)13-8-5-10-16(13)11-9-12-6-3-2-4-7-12/h2-8,10H,9,11H2,1H3,(H,15,17). The molecule has 0 aliphatic carbocycles. The third-order valence-electron chi connectivity index (χ3n) is 2.82. The second-order valence-corrected chi connectivity index (χ2v) is 6.27. The van der Waals surface area contributed by atoms with Gasteiger partial charge in [-0.15, -0.1) is 0 Å². The van der Waals surface area contributed by atoms with Crippen molar-refractivity contribution in [2.75, 3.05) is 6.26 Å². The Morgan fingerprint density at radius 1 is 1.15 bits per heavy atom. The summed E-state index contributed by atoms with van der Waals surface area (Å²) in [6.07, 6.45) is 3.50. The highest BCUT2D eigenvalue weighted by molar-refractivity contribution is 7.89. The Morgan fingerprint density at radius 3 is 2.50 bits per heavy atom. The third kappa shape index (κ3) is 3.96. The van der Waals surface area contributed by atoms with Gasteiger partial charge in [0.1, 0.15) is 5.69 Å². The summed E-state index contributed by atoms with van der Waals surface area (Å²) in [5, 5.41) is 0.